The molecular formula is C19H27N5O. The van der Waals surface area contributed by atoms with Crippen LogP contribution in [0.5, 0.6) is 0 Å². The van der Waals surface area contributed by atoms with Crippen LogP contribution in [0.1, 0.15) is 31.1 Å². The standard InChI is InChI=1S/C19H27N5O/c1-19(2,3)24-14-15(13-20-24)18(25)21-16-5-7-17(8-6-16)23-11-9-22(4)10-12-23/h5-8,13-14H,9-12H2,1-4H3,(H,21,25). The molecule has 1 aromatic carbocycles. The normalized spacial score (nSPS) is 16.1. The van der Waals surface area contributed by atoms with Gasteiger partial charge in [-0.1, -0.05) is 0 Å². The zero-order valence-electron chi connectivity index (χ0n) is 15.5. The first-order valence-corrected chi connectivity index (χ1v) is 8.73. The van der Waals surface area contributed by atoms with E-state index in [1.54, 1.807) is 17.1 Å². The summed E-state index contributed by atoms with van der Waals surface area (Å²) in [5.41, 5.74) is 2.43. The Morgan fingerprint density at radius 1 is 1.08 bits per heavy atom. The monoisotopic (exact) mass is 341 g/mol. The second-order valence-corrected chi connectivity index (χ2v) is 7.64. The minimum atomic E-state index is -0.136. The summed E-state index contributed by atoms with van der Waals surface area (Å²) in [6.45, 7) is 10.4. The first-order chi connectivity index (χ1) is 11.8. The van der Waals surface area contributed by atoms with Gasteiger partial charge in [0.1, 0.15) is 0 Å². The summed E-state index contributed by atoms with van der Waals surface area (Å²) >= 11 is 0. The maximum absolute atomic E-state index is 12.4. The van der Waals surface area contributed by atoms with E-state index in [0.717, 1.165) is 31.9 Å². The molecular weight excluding hydrogens is 314 g/mol. The van der Waals surface area contributed by atoms with Crippen molar-refractivity contribution in [3.8, 4) is 0 Å². The molecule has 0 atom stereocenters. The zero-order valence-corrected chi connectivity index (χ0v) is 15.5. The van der Waals surface area contributed by atoms with Crippen molar-refractivity contribution >= 4 is 17.3 Å². The largest absolute Gasteiger partial charge is 0.369 e. The Balaban J connectivity index is 1.63. The Bertz CT molecular complexity index is 721. The number of aromatic nitrogens is 2. The fraction of sp³-hybridized carbons (Fsp3) is 0.474. The summed E-state index contributed by atoms with van der Waals surface area (Å²) in [6.07, 6.45) is 3.40. The highest BCUT2D eigenvalue weighted by atomic mass is 16.1. The molecule has 1 aliphatic rings. The van der Waals surface area contributed by atoms with Crippen LogP contribution in [0.3, 0.4) is 0 Å². The molecule has 6 heteroatoms. The number of carbonyl (C=O) groups excluding carboxylic acids is 1. The van der Waals surface area contributed by atoms with Gasteiger partial charge in [-0.15, -0.1) is 0 Å². The lowest BCUT2D eigenvalue weighted by atomic mass is 10.1. The molecule has 1 N–H and O–H groups in total. The molecule has 1 fully saturated rings. The summed E-state index contributed by atoms with van der Waals surface area (Å²) in [6, 6.07) is 8.05. The summed E-state index contributed by atoms with van der Waals surface area (Å²) in [7, 11) is 2.15. The molecule has 25 heavy (non-hydrogen) atoms. The molecule has 3 rings (SSSR count). The van der Waals surface area contributed by atoms with E-state index in [2.05, 4.69) is 60.2 Å². The third kappa shape index (κ3) is 4.20. The number of piperazine rings is 1. The lowest BCUT2D eigenvalue weighted by Gasteiger charge is -2.34. The van der Waals surface area contributed by atoms with Crippen molar-refractivity contribution < 1.29 is 4.79 Å². The van der Waals surface area contributed by atoms with Gasteiger partial charge in [-0.3, -0.25) is 9.48 Å². The molecule has 0 saturated carbocycles. The molecule has 1 aromatic heterocycles. The molecule has 1 aliphatic heterocycles. The van der Waals surface area contributed by atoms with Crippen molar-refractivity contribution in [1.29, 1.82) is 0 Å². The molecule has 0 spiro atoms. The van der Waals surface area contributed by atoms with E-state index in [1.165, 1.54) is 5.69 Å². The maximum Gasteiger partial charge on any atom is 0.258 e. The number of amides is 1. The molecule has 6 nitrogen and oxygen atoms in total. The molecule has 2 heterocycles. The fourth-order valence-corrected chi connectivity index (χ4v) is 2.83. The number of carbonyl (C=O) groups is 1. The van der Waals surface area contributed by atoms with Crippen molar-refractivity contribution in [2.45, 2.75) is 26.3 Å². The second kappa shape index (κ2) is 6.88. The predicted octanol–water partition coefficient (Wildman–Crippen LogP) is 2.64. The first kappa shape index (κ1) is 17.5. The number of nitrogens with one attached hydrogen (secondary N) is 1. The third-order valence-corrected chi connectivity index (χ3v) is 4.53. The SMILES string of the molecule is CN1CCN(c2ccc(NC(=O)c3cnn(C(C)(C)C)c3)cc2)CC1. The van der Waals surface area contributed by atoms with E-state index < -0.39 is 0 Å². The van der Waals surface area contributed by atoms with Gasteiger partial charge in [-0.2, -0.15) is 5.10 Å². The maximum atomic E-state index is 12.4. The molecule has 0 radical (unpaired) electrons. The number of rotatable bonds is 3. The number of benzene rings is 1. The Morgan fingerprint density at radius 3 is 2.28 bits per heavy atom. The number of nitrogens with zero attached hydrogens (tertiary/aromatic N) is 4. The van der Waals surface area contributed by atoms with E-state index in [9.17, 15) is 4.79 Å². The van der Waals surface area contributed by atoms with E-state index in [4.69, 9.17) is 0 Å². The Morgan fingerprint density at radius 2 is 1.72 bits per heavy atom. The van der Waals surface area contributed by atoms with E-state index in [-0.39, 0.29) is 11.4 Å². The number of hydrogen-bond acceptors (Lipinski definition) is 4. The van der Waals surface area contributed by atoms with Crippen LogP contribution in [0.4, 0.5) is 11.4 Å². The van der Waals surface area contributed by atoms with Crippen LogP contribution in [0, 0.1) is 0 Å². The van der Waals surface area contributed by atoms with Crippen molar-refractivity contribution in [2.24, 2.45) is 0 Å². The van der Waals surface area contributed by atoms with Gasteiger partial charge >= 0.3 is 0 Å². The van der Waals surface area contributed by atoms with Gasteiger partial charge in [0, 0.05) is 43.8 Å². The molecule has 0 unspecified atom stereocenters. The quantitative estimate of drug-likeness (QED) is 0.932. The van der Waals surface area contributed by atoms with E-state index in [1.807, 2.05) is 12.1 Å². The predicted molar refractivity (Wildman–Crippen MR) is 101 cm³/mol. The number of likely N-dealkylation sites (N-methyl/N-ethyl adjacent to an activating group) is 1. The van der Waals surface area contributed by atoms with Gasteiger partial charge in [-0.25, -0.2) is 0 Å². The zero-order chi connectivity index (χ0) is 18.0. The molecule has 134 valence electrons. The highest BCUT2D eigenvalue weighted by molar-refractivity contribution is 6.04. The van der Waals surface area contributed by atoms with Gasteiger partial charge < -0.3 is 15.1 Å². The third-order valence-electron chi connectivity index (χ3n) is 4.53. The lowest BCUT2D eigenvalue weighted by molar-refractivity contribution is 0.102. The average Bonchev–Trinajstić information content (AvgIpc) is 3.07. The van der Waals surface area contributed by atoms with Gasteiger partial charge in [0.25, 0.3) is 5.91 Å². The van der Waals surface area contributed by atoms with Crippen molar-refractivity contribution in [1.82, 2.24) is 14.7 Å². The van der Waals surface area contributed by atoms with Crippen molar-refractivity contribution in [3.63, 3.8) is 0 Å². The summed E-state index contributed by atoms with van der Waals surface area (Å²) in [5, 5.41) is 7.22. The molecule has 1 saturated heterocycles. The minimum Gasteiger partial charge on any atom is -0.369 e. The molecule has 0 bridgehead atoms. The topological polar surface area (TPSA) is 53.4 Å². The van der Waals surface area contributed by atoms with Crippen molar-refractivity contribution in [3.05, 3.63) is 42.2 Å². The van der Waals surface area contributed by atoms with Crippen LogP contribution in [0.2, 0.25) is 0 Å². The van der Waals surface area contributed by atoms with Gasteiger partial charge in [0.15, 0.2) is 0 Å². The van der Waals surface area contributed by atoms with Crippen LogP contribution in [0.15, 0.2) is 36.7 Å². The van der Waals surface area contributed by atoms with Crippen LogP contribution in [-0.2, 0) is 5.54 Å². The van der Waals surface area contributed by atoms with Gasteiger partial charge in [-0.05, 0) is 52.1 Å². The summed E-state index contributed by atoms with van der Waals surface area (Å²) in [4.78, 5) is 17.1. The first-order valence-electron chi connectivity index (χ1n) is 8.73. The average molecular weight is 341 g/mol. The Kier molecular flexibility index (Phi) is 4.81. The number of anilines is 2. The van der Waals surface area contributed by atoms with Crippen LogP contribution >= 0.6 is 0 Å². The fourth-order valence-electron chi connectivity index (χ4n) is 2.83. The summed E-state index contributed by atoms with van der Waals surface area (Å²) in [5.74, 6) is -0.136. The number of hydrogen-bond donors (Lipinski definition) is 1. The van der Waals surface area contributed by atoms with Crippen LogP contribution in [-0.4, -0.2) is 53.8 Å². The van der Waals surface area contributed by atoms with Crippen LogP contribution < -0.4 is 10.2 Å². The summed E-state index contributed by atoms with van der Waals surface area (Å²) < 4.78 is 1.80. The Labute approximate surface area is 149 Å². The smallest absolute Gasteiger partial charge is 0.258 e. The highest BCUT2D eigenvalue weighted by Crippen LogP contribution is 2.20. The molecule has 2 aromatic rings. The van der Waals surface area contributed by atoms with Gasteiger partial charge in [0.05, 0.1) is 17.3 Å². The van der Waals surface area contributed by atoms with E-state index >= 15 is 0 Å². The highest BCUT2D eigenvalue weighted by Gasteiger charge is 2.17. The Hall–Kier alpha value is -2.34. The van der Waals surface area contributed by atoms with Crippen molar-refractivity contribution in [2.75, 3.05) is 43.4 Å². The molecule has 1 amide bonds. The minimum absolute atomic E-state index is 0.136. The van der Waals surface area contributed by atoms with E-state index in [0.29, 0.717) is 5.56 Å². The molecule has 0 aliphatic carbocycles. The lowest BCUT2D eigenvalue weighted by Crippen LogP contribution is -2.44. The van der Waals surface area contributed by atoms with Crippen LogP contribution in [0.25, 0.3) is 0 Å². The second-order valence-electron chi connectivity index (χ2n) is 7.64. The van der Waals surface area contributed by atoms with Gasteiger partial charge in [0.2, 0.25) is 0 Å².